The van der Waals surface area contributed by atoms with Gasteiger partial charge in [0.2, 0.25) is 10.0 Å². The van der Waals surface area contributed by atoms with Crippen molar-refractivity contribution in [1.29, 1.82) is 0 Å². The number of piperidine rings is 2. The fourth-order valence-corrected chi connectivity index (χ4v) is 7.75. The average Bonchev–Trinajstić information content (AvgIpc) is 3.47. The van der Waals surface area contributed by atoms with E-state index in [1.165, 1.54) is 22.3 Å². The molecule has 1 aromatic carbocycles. The quantitative estimate of drug-likeness (QED) is 0.630. The van der Waals surface area contributed by atoms with Gasteiger partial charge >= 0.3 is 0 Å². The maximum Gasteiger partial charge on any atom is 0.265 e. The first-order valence-corrected chi connectivity index (χ1v) is 13.3. The van der Waals surface area contributed by atoms with E-state index in [9.17, 15) is 13.2 Å². The lowest BCUT2D eigenvalue weighted by molar-refractivity contribution is 0.0714. The first kappa shape index (κ1) is 20.7. The van der Waals surface area contributed by atoms with E-state index in [-0.39, 0.29) is 10.8 Å². The molecule has 2 saturated heterocycles. The minimum absolute atomic E-state index is 0.150. The zero-order valence-corrected chi connectivity index (χ0v) is 19.1. The lowest BCUT2D eigenvalue weighted by atomic mass is 9.89. The van der Waals surface area contributed by atoms with Crippen LogP contribution in [0.3, 0.4) is 0 Å². The molecule has 2 aliphatic heterocycles. The van der Waals surface area contributed by atoms with Crippen LogP contribution in [0, 0.1) is 0 Å². The lowest BCUT2D eigenvalue weighted by Gasteiger charge is -2.32. The third-order valence-corrected chi connectivity index (χ3v) is 9.57. The number of aromatic amines is 1. The number of nitrogens with zero attached hydrogens (tertiary/aromatic N) is 2. The highest BCUT2D eigenvalue weighted by molar-refractivity contribution is 7.89. The zero-order valence-electron chi connectivity index (χ0n) is 17.4. The van der Waals surface area contributed by atoms with Crippen LogP contribution in [0.15, 0.2) is 46.8 Å². The molecule has 3 aromatic rings. The van der Waals surface area contributed by atoms with Gasteiger partial charge in [-0.25, -0.2) is 8.42 Å². The van der Waals surface area contributed by atoms with Crippen molar-refractivity contribution in [3.05, 3.63) is 52.3 Å². The Kier molecular flexibility index (Phi) is 5.62. The summed E-state index contributed by atoms with van der Waals surface area (Å²) in [5.41, 5.74) is 2.45. The number of fused-ring (bicyclic) bond motifs is 1. The number of benzene rings is 1. The van der Waals surface area contributed by atoms with Gasteiger partial charge in [0.15, 0.2) is 0 Å². The zero-order chi connectivity index (χ0) is 21.4. The fourth-order valence-electron chi connectivity index (χ4n) is 4.87. The van der Waals surface area contributed by atoms with Crippen molar-refractivity contribution in [3.8, 4) is 0 Å². The van der Waals surface area contributed by atoms with Gasteiger partial charge in [0.1, 0.15) is 9.77 Å². The number of H-pyrrole nitrogens is 1. The number of sulfonamides is 1. The molecule has 1 amide bonds. The molecule has 0 spiro atoms. The molecule has 8 heteroatoms. The second kappa shape index (κ2) is 8.41. The molecule has 31 heavy (non-hydrogen) atoms. The second-order valence-corrected chi connectivity index (χ2v) is 11.3. The summed E-state index contributed by atoms with van der Waals surface area (Å²) in [7, 11) is -3.61. The number of thiophene rings is 1. The summed E-state index contributed by atoms with van der Waals surface area (Å²) in [5, 5.41) is 2.98. The summed E-state index contributed by atoms with van der Waals surface area (Å²) < 4.78 is 27.8. The van der Waals surface area contributed by atoms with Gasteiger partial charge in [0, 0.05) is 43.3 Å². The number of carbonyl (C=O) groups excluding carboxylic acids is 1. The van der Waals surface area contributed by atoms with E-state index in [0.29, 0.717) is 37.0 Å². The van der Waals surface area contributed by atoms with E-state index in [0.717, 1.165) is 37.6 Å². The number of aromatic nitrogens is 1. The van der Waals surface area contributed by atoms with Crippen molar-refractivity contribution in [2.75, 3.05) is 26.2 Å². The Morgan fingerprint density at radius 2 is 1.74 bits per heavy atom. The molecule has 0 aliphatic carbocycles. The van der Waals surface area contributed by atoms with Crippen molar-refractivity contribution in [3.63, 3.8) is 0 Å². The topological polar surface area (TPSA) is 73.5 Å². The number of carbonyl (C=O) groups is 1. The van der Waals surface area contributed by atoms with Crippen molar-refractivity contribution in [2.24, 2.45) is 0 Å². The number of likely N-dealkylation sites (tertiary alicyclic amines) is 1. The minimum atomic E-state index is -3.61. The van der Waals surface area contributed by atoms with Crippen LogP contribution in [0.2, 0.25) is 0 Å². The number of rotatable bonds is 4. The molecule has 0 saturated carbocycles. The Morgan fingerprint density at radius 3 is 2.52 bits per heavy atom. The SMILES string of the molecule is O=C(c1sccc1S(=O)(=O)N1CCCCC1)N1CCC(c2c[nH]c3ccccc23)CC1. The molecule has 164 valence electrons. The molecular formula is C23H27N3O3S2. The van der Waals surface area contributed by atoms with Crippen LogP contribution in [0.1, 0.15) is 53.3 Å². The Bertz CT molecular complexity index is 1180. The number of amides is 1. The minimum Gasteiger partial charge on any atom is -0.361 e. The predicted molar refractivity (Wildman–Crippen MR) is 123 cm³/mol. The molecule has 0 unspecified atom stereocenters. The number of hydrogen-bond acceptors (Lipinski definition) is 4. The molecule has 0 bridgehead atoms. The van der Waals surface area contributed by atoms with Crippen LogP contribution < -0.4 is 0 Å². The Labute approximate surface area is 186 Å². The summed E-state index contributed by atoms with van der Waals surface area (Å²) >= 11 is 1.24. The molecule has 2 aromatic heterocycles. The van der Waals surface area contributed by atoms with Crippen molar-refractivity contribution < 1.29 is 13.2 Å². The molecule has 0 radical (unpaired) electrons. The summed E-state index contributed by atoms with van der Waals surface area (Å²) in [6.07, 6.45) is 6.69. The molecule has 0 atom stereocenters. The third kappa shape index (κ3) is 3.81. The van der Waals surface area contributed by atoms with E-state index in [2.05, 4.69) is 29.4 Å². The van der Waals surface area contributed by atoms with Crippen LogP contribution in [-0.4, -0.2) is 54.7 Å². The average molecular weight is 458 g/mol. The number of hydrogen-bond donors (Lipinski definition) is 1. The van der Waals surface area contributed by atoms with Crippen molar-refractivity contribution >= 4 is 38.2 Å². The van der Waals surface area contributed by atoms with Crippen molar-refractivity contribution in [2.45, 2.75) is 42.9 Å². The summed E-state index contributed by atoms with van der Waals surface area (Å²) in [4.78, 5) is 19.0. The van der Waals surface area contributed by atoms with Crippen LogP contribution in [0.25, 0.3) is 10.9 Å². The van der Waals surface area contributed by atoms with E-state index in [1.807, 2.05) is 11.0 Å². The van der Waals surface area contributed by atoms with Gasteiger partial charge < -0.3 is 9.88 Å². The maximum absolute atomic E-state index is 13.3. The first-order valence-electron chi connectivity index (χ1n) is 11.0. The van der Waals surface area contributed by atoms with E-state index >= 15 is 0 Å². The van der Waals surface area contributed by atoms with Gasteiger partial charge in [0.05, 0.1) is 0 Å². The highest BCUT2D eigenvalue weighted by atomic mass is 32.2. The molecule has 5 rings (SSSR count). The van der Waals surface area contributed by atoms with Gasteiger partial charge in [0.25, 0.3) is 5.91 Å². The van der Waals surface area contributed by atoms with Crippen LogP contribution in [-0.2, 0) is 10.0 Å². The Balaban J connectivity index is 1.31. The van der Waals surface area contributed by atoms with E-state index in [1.54, 1.807) is 15.8 Å². The van der Waals surface area contributed by atoms with Crippen LogP contribution >= 0.6 is 11.3 Å². The smallest absolute Gasteiger partial charge is 0.265 e. The van der Waals surface area contributed by atoms with Gasteiger partial charge in [-0.3, -0.25) is 4.79 Å². The molecule has 1 N–H and O–H groups in total. The molecule has 2 aliphatic rings. The van der Waals surface area contributed by atoms with Crippen LogP contribution in [0.4, 0.5) is 0 Å². The molecule has 6 nitrogen and oxygen atoms in total. The largest absolute Gasteiger partial charge is 0.361 e. The first-order chi connectivity index (χ1) is 15.1. The molecule has 4 heterocycles. The lowest BCUT2D eigenvalue weighted by Crippen LogP contribution is -2.39. The fraction of sp³-hybridized carbons (Fsp3) is 0.435. The van der Waals surface area contributed by atoms with E-state index < -0.39 is 10.0 Å². The van der Waals surface area contributed by atoms with Gasteiger partial charge in [-0.15, -0.1) is 11.3 Å². The van der Waals surface area contributed by atoms with Gasteiger partial charge in [-0.1, -0.05) is 24.6 Å². The van der Waals surface area contributed by atoms with Crippen LogP contribution in [0.5, 0.6) is 0 Å². The van der Waals surface area contributed by atoms with Gasteiger partial charge in [-0.2, -0.15) is 4.31 Å². The van der Waals surface area contributed by atoms with Gasteiger partial charge in [-0.05, 0) is 54.7 Å². The second-order valence-electron chi connectivity index (χ2n) is 8.43. The summed E-state index contributed by atoms with van der Waals surface area (Å²) in [6.45, 7) is 2.37. The van der Waals surface area contributed by atoms with E-state index in [4.69, 9.17) is 0 Å². The Morgan fingerprint density at radius 1 is 1.00 bits per heavy atom. The summed E-state index contributed by atoms with van der Waals surface area (Å²) in [5.74, 6) is 0.253. The number of para-hydroxylation sites is 1. The monoisotopic (exact) mass is 457 g/mol. The Hall–Kier alpha value is -2.16. The standard InChI is InChI=1S/C23H27N3O3S2/c27-23(22-21(10-15-30-22)31(28,29)26-11-4-1-5-12-26)25-13-8-17(9-14-25)19-16-24-20-7-3-2-6-18(19)20/h2-3,6-7,10,15-17,24H,1,4-5,8-9,11-14H2. The third-order valence-electron chi connectivity index (χ3n) is 6.60. The number of nitrogens with one attached hydrogen (secondary N) is 1. The maximum atomic E-state index is 13.3. The normalized spacial score (nSPS) is 19.2. The molecule has 2 fully saturated rings. The highest BCUT2D eigenvalue weighted by Crippen LogP contribution is 2.35. The predicted octanol–water partition coefficient (Wildman–Crippen LogP) is 4.42. The molecular weight excluding hydrogens is 430 g/mol. The summed E-state index contributed by atoms with van der Waals surface area (Å²) in [6, 6.07) is 9.90. The van der Waals surface area contributed by atoms with Crippen molar-refractivity contribution in [1.82, 2.24) is 14.2 Å². The highest BCUT2D eigenvalue weighted by Gasteiger charge is 2.34.